The van der Waals surface area contributed by atoms with Gasteiger partial charge in [-0.2, -0.15) is 5.10 Å². The summed E-state index contributed by atoms with van der Waals surface area (Å²) in [6, 6.07) is 9.93. The first kappa shape index (κ1) is 20.6. The average Bonchev–Trinajstić information content (AvgIpc) is 3.07. The fourth-order valence-corrected chi connectivity index (χ4v) is 3.76. The van der Waals surface area contributed by atoms with Gasteiger partial charge in [-0.15, -0.1) is 0 Å². The van der Waals surface area contributed by atoms with Gasteiger partial charge in [-0.25, -0.2) is 0 Å². The Morgan fingerprint density at radius 1 is 1.25 bits per heavy atom. The fraction of sp³-hybridized carbons (Fsp3) is 0.545. The summed E-state index contributed by atoms with van der Waals surface area (Å²) in [6.45, 7) is 13.6. The number of amides is 1. The van der Waals surface area contributed by atoms with Gasteiger partial charge in [0.05, 0.1) is 17.9 Å². The van der Waals surface area contributed by atoms with Crippen molar-refractivity contribution >= 4 is 11.6 Å². The van der Waals surface area contributed by atoms with E-state index in [9.17, 15) is 4.79 Å². The van der Waals surface area contributed by atoms with Crippen LogP contribution in [0.15, 0.2) is 30.3 Å². The van der Waals surface area contributed by atoms with Gasteiger partial charge in [0, 0.05) is 31.9 Å². The summed E-state index contributed by atoms with van der Waals surface area (Å²) in [7, 11) is 0. The second-order valence-corrected chi connectivity index (χ2v) is 7.99. The summed E-state index contributed by atoms with van der Waals surface area (Å²) in [4.78, 5) is 15.4. The van der Waals surface area contributed by atoms with Crippen molar-refractivity contribution in [3.8, 4) is 0 Å². The summed E-state index contributed by atoms with van der Waals surface area (Å²) in [6.07, 6.45) is 0.442. The first-order valence-corrected chi connectivity index (χ1v) is 10.2. The molecule has 1 aliphatic heterocycles. The van der Waals surface area contributed by atoms with E-state index in [1.807, 2.05) is 31.2 Å². The van der Waals surface area contributed by atoms with Crippen molar-refractivity contribution in [2.24, 2.45) is 0 Å². The van der Waals surface area contributed by atoms with E-state index in [2.05, 4.69) is 49.1 Å². The number of nitrogens with zero attached hydrogens (tertiary/aromatic N) is 3. The molecule has 1 aromatic heterocycles. The topological polar surface area (TPSA) is 59.4 Å². The van der Waals surface area contributed by atoms with Crippen molar-refractivity contribution in [3.63, 3.8) is 0 Å². The quantitative estimate of drug-likeness (QED) is 0.821. The molecule has 6 nitrogen and oxygen atoms in total. The Kier molecular flexibility index (Phi) is 6.52. The number of rotatable bonds is 6. The standard InChI is InChI=1S/C22H32N4O2/c1-6-26-21(11-20(24-26)15(2)3)22(27)23-19-10-8-7-9-18(19)14-25-12-16(4)28-17(5)13-25/h7-11,15-17H,6,12-14H2,1-5H3,(H,23,27). The van der Waals surface area contributed by atoms with E-state index < -0.39 is 0 Å². The molecule has 2 atom stereocenters. The Labute approximate surface area is 167 Å². The van der Waals surface area contributed by atoms with Gasteiger partial charge in [-0.3, -0.25) is 14.4 Å². The molecule has 2 heterocycles. The number of nitrogens with one attached hydrogen (secondary N) is 1. The van der Waals surface area contributed by atoms with Gasteiger partial charge in [0.2, 0.25) is 0 Å². The van der Waals surface area contributed by atoms with E-state index in [1.54, 1.807) is 4.68 Å². The van der Waals surface area contributed by atoms with Crippen LogP contribution in [0.5, 0.6) is 0 Å². The van der Waals surface area contributed by atoms with Crippen LogP contribution in [0.2, 0.25) is 0 Å². The number of aryl methyl sites for hydroxylation is 1. The Hall–Kier alpha value is -2.18. The zero-order valence-electron chi connectivity index (χ0n) is 17.6. The smallest absolute Gasteiger partial charge is 0.273 e. The summed E-state index contributed by atoms with van der Waals surface area (Å²) in [5.41, 5.74) is 3.52. The SMILES string of the molecule is CCn1nc(C(C)C)cc1C(=O)Nc1ccccc1CN1CC(C)OC(C)C1. The average molecular weight is 385 g/mol. The summed E-state index contributed by atoms with van der Waals surface area (Å²) in [5, 5.41) is 7.67. The molecule has 1 fully saturated rings. The molecule has 2 unspecified atom stereocenters. The fourth-order valence-electron chi connectivity index (χ4n) is 3.76. The second-order valence-electron chi connectivity index (χ2n) is 7.99. The van der Waals surface area contributed by atoms with Crippen LogP contribution in [0.25, 0.3) is 0 Å². The Morgan fingerprint density at radius 2 is 1.93 bits per heavy atom. The molecular formula is C22H32N4O2. The maximum atomic E-state index is 13.0. The molecule has 152 valence electrons. The number of carbonyl (C=O) groups excluding carboxylic acids is 1. The molecule has 1 aromatic carbocycles. The van der Waals surface area contributed by atoms with E-state index in [0.29, 0.717) is 12.2 Å². The van der Waals surface area contributed by atoms with E-state index in [4.69, 9.17) is 4.74 Å². The lowest BCUT2D eigenvalue weighted by atomic mass is 10.1. The predicted octanol–water partition coefficient (Wildman–Crippen LogP) is 3.89. The minimum absolute atomic E-state index is 0.114. The highest BCUT2D eigenvalue weighted by molar-refractivity contribution is 6.03. The van der Waals surface area contributed by atoms with Crippen LogP contribution < -0.4 is 5.32 Å². The summed E-state index contributed by atoms with van der Waals surface area (Å²) >= 11 is 0. The molecule has 3 rings (SSSR count). The second kappa shape index (κ2) is 8.88. The zero-order chi connectivity index (χ0) is 20.3. The molecule has 1 aliphatic rings. The van der Waals surface area contributed by atoms with E-state index in [0.717, 1.165) is 36.6 Å². The highest BCUT2D eigenvalue weighted by Crippen LogP contribution is 2.22. The molecule has 1 amide bonds. The van der Waals surface area contributed by atoms with Crippen molar-refractivity contribution in [1.82, 2.24) is 14.7 Å². The molecule has 0 aliphatic carbocycles. The van der Waals surface area contributed by atoms with Gasteiger partial charge >= 0.3 is 0 Å². The lowest BCUT2D eigenvalue weighted by molar-refractivity contribution is -0.0704. The van der Waals surface area contributed by atoms with Crippen molar-refractivity contribution in [1.29, 1.82) is 0 Å². The summed E-state index contributed by atoms with van der Waals surface area (Å²) in [5.74, 6) is 0.175. The van der Waals surface area contributed by atoms with E-state index >= 15 is 0 Å². The van der Waals surface area contributed by atoms with Gasteiger partial charge < -0.3 is 10.1 Å². The number of anilines is 1. The highest BCUT2D eigenvalue weighted by atomic mass is 16.5. The zero-order valence-corrected chi connectivity index (χ0v) is 17.6. The van der Waals surface area contributed by atoms with Gasteiger partial charge in [0.1, 0.15) is 5.69 Å². The predicted molar refractivity (Wildman–Crippen MR) is 112 cm³/mol. The van der Waals surface area contributed by atoms with Gasteiger partial charge in [-0.05, 0) is 44.4 Å². The monoisotopic (exact) mass is 384 g/mol. The van der Waals surface area contributed by atoms with E-state index in [-0.39, 0.29) is 24.0 Å². The maximum absolute atomic E-state index is 13.0. The van der Waals surface area contributed by atoms with Crippen LogP contribution in [-0.4, -0.2) is 45.9 Å². The molecular weight excluding hydrogens is 352 g/mol. The van der Waals surface area contributed by atoms with E-state index in [1.165, 1.54) is 0 Å². The molecule has 0 radical (unpaired) electrons. The lowest BCUT2D eigenvalue weighted by Gasteiger charge is -2.35. The first-order valence-electron chi connectivity index (χ1n) is 10.2. The molecule has 1 N–H and O–H groups in total. The molecule has 0 bridgehead atoms. The van der Waals surface area contributed by atoms with Crippen LogP contribution in [0.1, 0.15) is 62.3 Å². The Bertz CT molecular complexity index is 805. The molecule has 0 spiro atoms. The number of benzene rings is 1. The van der Waals surface area contributed by atoms with Crippen LogP contribution >= 0.6 is 0 Å². The van der Waals surface area contributed by atoms with Crippen molar-refractivity contribution < 1.29 is 9.53 Å². The number of carbonyl (C=O) groups is 1. The first-order chi connectivity index (χ1) is 13.4. The number of aromatic nitrogens is 2. The Morgan fingerprint density at radius 3 is 2.57 bits per heavy atom. The third-order valence-corrected chi connectivity index (χ3v) is 5.08. The minimum atomic E-state index is -0.114. The third kappa shape index (κ3) is 4.80. The van der Waals surface area contributed by atoms with Crippen molar-refractivity contribution in [2.75, 3.05) is 18.4 Å². The normalized spacial score (nSPS) is 20.5. The molecule has 28 heavy (non-hydrogen) atoms. The third-order valence-electron chi connectivity index (χ3n) is 5.08. The molecule has 2 aromatic rings. The molecule has 6 heteroatoms. The molecule has 1 saturated heterocycles. The summed E-state index contributed by atoms with van der Waals surface area (Å²) < 4.78 is 7.61. The largest absolute Gasteiger partial charge is 0.373 e. The van der Waals surface area contributed by atoms with Crippen molar-refractivity contribution in [3.05, 3.63) is 47.3 Å². The number of ether oxygens (including phenoxy) is 1. The van der Waals surface area contributed by atoms with Crippen LogP contribution in [0.4, 0.5) is 5.69 Å². The highest BCUT2D eigenvalue weighted by Gasteiger charge is 2.23. The maximum Gasteiger partial charge on any atom is 0.273 e. The Balaban J connectivity index is 1.77. The number of hydrogen-bond donors (Lipinski definition) is 1. The van der Waals surface area contributed by atoms with Crippen LogP contribution in [0, 0.1) is 0 Å². The van der Waals surface area contributed by atoms with Gasteiger partial charge in [0.25, 0.3) is 5.91 Å². The van der Waals surface area contributed by atoms with Crippen LogP contribution in [-0.2, 0) is 17.8 Å². The molecule has 0 saturated carbocycles. The number of para-hydroxylation sites is 1. The van der Waals surface area contributed by atoms with Crippen molar-refractivity contribution in [2.45, 2.75) is 65.8 Å². The van der Waals surface area contributed by atoms with Gasteiger partial charge in [-0.1, -0.05) is 32.0 Å². The number of morpholine rings is 1. The van der Waals surface area contributed by atoms with Gasteiger partial charge in [0.15, 0.2) is 0 Å². The lowest BCUT2D eigenvalue weighted by Crippen LogP contribution is -2.44. The minimum Gasteiger partial charge on any atom is -0.373 e. The number of hydrogen-bond acceptors (Lipinski definition) is 4. The van der Waals surface area contributed by atoms with Crippen LogP contribution in [0.3, 0.4) is 0 Å².